The third-order valence-electron chi connectivity index (χ3n) is 14.4. The smallest absolute Gasteiger partial charge is 0.0479 e. The Morgan fingerprint density at radius 1 is 0.596 bits per heavy atom. The van der Waals surface area contributed by atoms with Crippen LogP contribution in [0.2, 0.25) is 0 Å². The Hall–Kier alpha value is -1.36. The SMILES string of the molecule is CC1C2CCCCC2CCN1C.CC1CC2CCCCC2CN1C.CC1CCC2CCCCC2N1C.Cc1cc2ccccc2n1C. The Morgan fingerprint density at radius 3 is 1.98 bits per heavy atom. The predicted octanol–water partition coefficient (Wildman–Crippen LogP) is 10.2. The van der Waals surface area contributed by atoms with Crippen LogP contribution in [0.25, 0.3) is 10.9 Å². The van der Waals surface area contributed by atoms with E-state index in [4.69, 9.17) is 0 Å². The normalized spacial score (nSPS) is 36.2. The lowest BCUT2D eigenvalue weighted by atomic mass is 9.71. The molecule has 266 valence electrons. The van der Waals surface area contributed by atoms with Crippen LogP contribution in [0.15, 0.2) is 30.3 Å². The van der Waals surface area contributed by atoms with E-state index in [0.717, 1.165) is 53.8 Å². The summed E-state index contributed by atoms with van der Waals surface area (Å²) in [6, 6.07) is 14.1. The molecule has 3 aliphatic heterocycles. The van der Waals surface area contributed by atoms with Crippen molar-refractivity contribution in [2.45, 2.75) is 155 Å². The van der Waals surface area contributed by atoms with E-state index in [9.17, 15) is 0 Å². The highest BCUT2D eigenvalue weighted by Gasteiger charge is 2.36. The molecule has 0 bridgehead atoms. The largest absolute Gasteiger partial charge is 0.348 e. The van der Waals surface area contributed by atoms with Crippen molar-refractivity contribution in [1.29, 1.82) is 0 Å². The average molecular weight is 647 g/mol. The van der Waals surface area contributed by atoms with Crippen molar-refractivity contribution in [2.75, 3.05) is 34.2 Å². The van der Waals surface area contributed by atoms with E-state index in [0.29, 0.717) is 0 Å². The van der Waals surface area contributed by atoms with Crippen LogP contribution in [0.5, 0.6) is 0 Å². The number of aryl methyl sites for hydroxylation is 2. The van der Waals surface area contributed by atoms with Gasteiger partial charge in [0.1, 0.15) is 0 Å². The first-order chi connectivity index (χ1) is 22.6. The molecule has 0 radical (unpaired) electrons. The topological polar surface area (TPSA) is 14.7 Å². The predicted molar refractivity (Wildman–Crippen MR) is 204 cm³/mol. The van der Waals surface area contributed by atoms with E-state index in [2.05, 4.69) is 105 Å². The molecule has 6 aliphatic rings. The minimum absolute atomic E-state index is 0.837. The molecule has 1 aromatic heterocycles. The van der Waals surface area contributed by atoms with E-state index in [-0.39, 0.29) is 0 Å². The number of para-hydroxylation sites is 1. The average Bonchev–Trinajstić information content (AvgIpc) is 3.39. The lowest BCUT2D eigenvalue weighted by Gasteiger charge is -2.45. The first-order valence-electron chi connectivity index (χ1n) is 20.3. The summed E-state index contributed by atoms with van der Waals surface area (Å²) in [7, 11) is 9.00. The fourth-order valence-corrected chi connectivity index (χ4v) is 10.6. The van der Waals surface area contributed by atoms with Gasteiger partial charge in [-0.25, -0.2) is 0 Å². The molecule has 6 fully saturated rings. The van der Waals surface area contributed by atoms with Gasteiger partial charge in [-0.1, -0.05) is 69.6 Å². The van der Waals surface area contributed by atoms with Gasteiger partial charge in [-0.15, -0.1) is 0 Å². The number of fused-ring (bicyclic) bond motifs is 4. The van der Waals surface area contributed by atoms with Crippen molar-refractivity contribution in [3.05, 3.63) is 36.0 Å². The Labute approximate surface area is 291 Å². The van der Waals surface area contributed by atoms with Crippen LogP contribution in [0.1, 0.15) is 129 Å². The van der Waals surface area contributed by atoms with Crippen molar-refractivity contribution in [3.63, 3.8) is 0 Å². The molecular weight excluding hydrogens is 573 g/mol. The van der Waals surface area contributed by atoms with Crippen LogP contribution >= 0.6 is 0 Å². The molecule has 9 unspecified atom stereocenters. The zero-order chi connectivity index (χ0) is 33.5. The van der Waals surface area contributed by atoms with E-state index < -0.39 is 0 Å². The third-order valence-corrected chi connectivity index (χ3v) is 14.4. The second-order valence-corrected chi connectivity index (χ2v) is 17.2. The van der Waals surface area contributed by atoms with Crippen LogP contribution in [0.3, 0.4) is 0 Å². The molecule has 2 aromatic rings. The number of hydrogen-bond acceptors (Lipinski definition) is 3. The summed E-state index contributed by atoms with van der Waals surface area (Å²) in [5.41, 5.74) is 2.62. The Balaban J connectivity index is 0.000000123. The fourth-order valence-electron chi connectivity index (χ4n) is 10.6. The zero-order valence-corrected chi connectivity index (χ0v) is 32.1. The van der Waals surface area contributed by atoms with Gasteiger partial charge in [0.25, 0.3) is 0 Å². The summed E-state index contributed by atoms with van der Waals surface area (Å²) in [4.78, 5) is 7.73. The molecule has 0 N–H and O–H groups in total. The number of nitrogens with zero attached hydrogens (tertiary/aromatic N) is 4. The molecule has 1 aromatic carbocycles. The minimum atomic E-state index is 0.837. The molecule has 8 rings (SSSR count). The van der Waals surface area contributed by atoms with Crippen molar-refractivity contribution >= 4 is 10.9 Å². The molecule has 4 heterocycles. The summed E-state index contributed by atoms with van der Waals surface area (Å²) >= 11 is 0. The first kappa shape index (κ1) is 36.9. The van der Waals surface area contributed by atoms with E-state index in [1.807, 2.05) is 0 Å². The van der Waals surface area contributed by atoms with Gasteiger partial charge < -0.3 is 19.3 Å². The third kappa shape index (κ3) is 9.46. The number of benzene rings is 1. The summed E-state index contributed by atoms with van der Waals surface area (Å²) < 4.78 is 2.20. The minimum Gasteiger partial charge on any atom is -0.348 e. The maximum absolute atomic E-state index is 2.63. The van der Waals surface area contributed by atoms with Gasteiger partial charge in [0, 0.05) is 49.0 Å². The van der Waals surface area contributed by atoms with Gasteiger partial charge in [-0.2, -0.15) is 0 Å². The number of likely N-dealkylation sites (tertiary alicyclic amines) is 3. The van der Waals surface area contributed by atoms with Crippen molar-refractivity contribution in [1.82, 2.24) is 19.3 Å². The van der Waals surface area contributed by atoms with Crippen LogP contribution < -0.4 is 0 Å². The first-order valence-corrected chi connectivity index (χ1v) is 20.3. The molecule has 47 heavy (non-hydrogen) atoms. The molecule has 4 heteroatoms. The summed E-state index contributed by atoms with van der Waals surface area (Å²) in [6.45, 7) is 12.0. The molecule has 4 nitrogen and oxygen atoms in total. The van der Waals surface area contributed by atoms with Crippen molar-refractivity contribution in [2.24, 2.45) is 36.6 Å². The van der Waals surface area contributed by atoms with Gasteiger partial charge in [-0.05, 0) is 154 Å². The van der Waals surface area contributed by atoms with Crippen LogP contribution in [-0.2, 0) is 7.05 Å². The van der Waals surface area contributed by atoms with Crippen LogP contribution in [0.4, 0.5) is 0 Å². The van der Waals surface area contributed by atoms with Crippen molar-refractivity contribution in [3.8, 4) is 0 Å². The zero-order valence-electron chi connectivity index (χ0n) is 32.1. The molecule has 3 aliphatic carbocycles. The molecule has 3 saturated heterocycles. The number of hydrogen-bond donors (Lipinski definition) is 0. The standard InChI is InChI=1S/3C11H21N.C10H11N/c1-9-7-10-5-3-4-6-11(10)8-12(9)2;1-9-11-6-4-3-5-10(11)7-8-12(9)2;1-9-7-8-10-5-3-4-6-11(10)12(9)2;1-8-7-9-5-3-4-6-10(9)11(8)2/h3*9-11H,3-8H2,1-2H3;3-7H,1-2H3. The second-order valence-electron chi connectivity index (χ2n) is 17.2. The highest BCUT2D eigenvalue weighted by atomic mass is 15.2. The lowest BCUT2D eigenvalue weighted by Crippen LogP contribution is -2.48. The van der Waals surface area contributed by atoms with E-state index in [1.54, 1.807) is 0 Å². The van der Waals surface area contributed by atoms with Crippen LogP contribution in [-0.4, -0.2) is 77.7 Å². The molecule has 3 saturated carbocycles. The Morgan fingerprint density at radius 2 is 1.23 bits per heavy atom. The van der Waals surface area contributed by atoms with Gasteiger partial charge in [0.05, 0.1) is 0 Å². The Kier molecular flexibility index (Phi) is 13.8. The van der Waals surface area contributed by atoms with E-state index >= 15 is 0 Å². The number of aromatic nitrogens is 1. The molecular formula is C43H74N4. The highest BCUT2D eigenvalue weighted by Crippen LogP contribution is 2.40. The van der Waals surface area contributed by atoms with E-state index in [1.165, 1.54) is 132 Å². The van der Waals surface area contributed by atoms with Gasteiger partial charge in [-0.3, -0.25) is 0 Å². The summed E-state index contributed by atoms with van der Waals surface area (Å²) in [5, 5.41) is 1.33. The van der Waals surface area contributed by atoms with Crippen molar-refractivity contribution < 1.29 is 0 Å². The maximum Gasteiger partial charge on any atom is 0.0479 e. The summed E-state index contributed by atoms with van der Waals surface area (Å²) in [6.07, 6.45) is 23.8. The molecule has 0 amide bonds. The quantitative estimate of drug-likeness (QED) is 0.283. The monoisotopic (exact) mass is 647 g/mol. The molecule has 0 spiro atoms. The van der Waals surface area contributed by atoms with Gasteiger partial charge in [0.2, 0.25) is 0 Å². The Bertz CT molecular complexity index is 1140. The maximum atomic E-state index is 2.63. The van der Waals surface area contributed by atoms with Gasteiger partial charge in [0.15, 0.2) is 0 Å². The number of rotatable bonds is 0. The second kappa shape index (κ2) is 17.5. The number of piperidine rings is 3. The fraction of sp³-hybridized carbons (Fsp3) is 0.814. The van der Waals surface area contributed by atoms with Gasteiger partial charge >= 0.3 is 0 Å². The lowest BCUT2D eigenvalue weighted by molar-refractivity contribution is 0.0447. The van der Waals surface area contributed by atoms with Crippen LogP contribution in [0, 0.1) is 36.5 Å². The highest BCUT2D eigenvalue weighted by molar-refractivity contribution is 5.81. The summed E-state index contributed by atoms with van der Waals surface area (Å²) in [5.74, 6) is 5.26. The molecule has 9 atom stereocenters.